The molecule has 152 valence electrons. The van der Waals surface area contributed by atoms with Gasteiger partial charge in [-0.15, -0.1) is 0 Å². The summed E-state index contributed by atoms with van der Waals surface area (Å²) in [5, 5.41) is 6.05. The molecule has 7 nitrogen and oxygen atoms in total. The summed E-state index contributed by atoms with van der Waals surface area (Å²) < 4.78 is 31.5. The fourth-order valence-corrected chi connectivity index (χ4v) is 3.00. The zero-order valence-electron chi connectivity index (χ0n) is 15.8. The number of carbonyl (C=O) groups is 2. The fourth-order valence-electron chi connectivity index (χ4n) is 2.13. The molecule has 28 heavy (non-hydrogen) atoms. The first kappa shape index (κ1) is 21.5. The van der Waals surface area contributed by atoms with E-state index in [1.807, 2.05) is 0 Å². The number of carbonyl (C=O) groups excluding carboxylic acids is 2. The number of anilines is 2. The summed E-state index contributed by atoms with van der Waals surface area (Å²) in [5.74, 6) is -2.66. The molecule has 10 heteroatoms. The van der Waals surface area contributed by atoms with Crippen molar-refractivity contribution < 1.29 is 23.1 Å². The fraction of sp³-hybridized carbons (Fsp3) is 0.389. The second-order valence-corrected chi connectivity index (χ2v) is 7.90. The number of amides is 1. The third-order valence-corrected chi connectivity index (χ3v) is 4.37. The maximum Gasteiger partial charge on any atom is 0.407 e. The van der Waals surface area contributed by atoms with Crippen LogP contribution in [0.3, 0.4) is 0 Å². The first-order chi connectivity index (χ1) is 13.1. The predicted octanol–water partition coefficient (Wildman–Crippen LogP) is 3.56. The van der Waals surface area contributed by atoms with Gasteiger partial charge in [-0.2, -0.15) is 0 Å². The van der Waals surface area contributed by atoms with Gasteiger partial charge in [0.05, 0.1) is 0 Å². The van der Waals surface area contributed by atoms with Crippen LogP contribution in [0.1, 0.15) is 42.4 Å². The van der Waals surface area contributed by atoms with Crippen LogP contribution in [-0.4, -0.2) is 35.6 Å². The van der Waals surface area contributed by atoms with Gasteiger partial charge in [-0.1, -0.05) is 11.3 Å². The maximum absolute atomic E-state index is 13.3. The lowest BCUT2D eigenvalue weighted by Crippen LogP contribution is -2.33. The second kappa shape index (κ2) is 8.96. The van der Waals surface area contributed by atoms with Crippen LogP contribution in [0.2, 0.25) is 0 Å². The lowest BCUT2D eigenvalue weighted by molar-refractivity contribution is 0.0527. The molecule has 1 heterocycles. The molecule has 1 amide bonds. The molecule has 0 aliphatic heterocycles. The summed E-state index contributed by atoms with van der Waals surface area (Å²) >= 11 is 1.02. The Bertz CT molecular complexity index is 865. The number of ketones is 1. The van der Waals surface area contributed by atoms with Crippen molar-refractivity contribution in [1.29, 1.82) is 0 Å². The summed E-state index contributed by atoms with van der Waals surface area (Å²) in [4.78, 5) is 28.1. The van der Waals surface area contributed by atoms with Crippen molar-refractivity contribution in [1.82, 2.24) is 10.3 Å². The number of alkyl carbamates (subject to hydrolysis) is 1. The Morgan fingerprint density at radius 2 is 1.93 bits per heavy atom. The molecule has 0 unspecified atom stereocenters. The van der Waals surface area contributed by atoms with Gasteiger partial charge < -0.3 is 21.1 Å². The molecule has 0 aliphatic carbocycles. The number of nitrogens with one attached hydrogen (secondary N) is 2. The third kappa shape index (κ3) is 6.15. The van der Waals surface area contributed by atoms with E-state index in [0.717, 1.165) is 23.5 Å². The Balaban J connectivity index is 1.86. The lowest BCUT2D eigenvalue weighted by atomic mass is 10.1. The van der Waals surface area contributed by atoms with E-state index in [2.05, 4.69) is 15.6 Å². The van der Waals surface area contributed by atoms with Gasteiger partial charge in [0.1, 0.15) is 16.3 Å². The minimum Gasteiger partial charge on any atom is -0.444 e. The molecule has 1 aromatic carbocycles. The predicted molar refractivity (Wildman–Crippen MR) is 104 cm³/mol. The van der Waals surface area contributed by atoms with Gasteiger partial charge in [-0.05, 0) is 45.4 Å². The van der Waals surface area contributed by atoms with Crippen LogP contribution in [0.5, 0.6) is 0 Å². The Kier molecular flexibility index (Phi) is 6.90. The zero-order chi connectivity index (χ0) is 20.9. The van der Waals surface area contributed by atoms with Crippen molar-refractivity contribution in [3.05, 3.63) is 40.3 Å². The quantitative estimate of drug-likeness (QED) is 0.474. The van der Waals surface area contributed by atoms with E-state index in [4.69, 9.17) is 10.5 Å². The van der Waals surface area contributed by atoms with Gasteiger partial charge in [0.2, 0.25) is 5.78 Å². The largest absolute Gasteiger partial charge is 0.444 e. The van der Waals surface area contributed by atoms with E-state index in [1.165, 1.54) is 6.07 Å². The summed E-state index contributed by atoms with van der Waals surface area (Å²) in [6.45, 7) is 6.20. The van der Waals surface area contributed by atoms with Crippen LogP contribution in [0, 0.1) is 11.6 Å². The van der Waals surface area contributed by atoms with Crippen LogP contribution >= 0.6 is 11.3 Å². The molecular weight excluding hydrogens is 390 g/mol. The van der Waals surface area contributed by atoms with Crippen LogP contribution in [0.15, 0.2) is 18.2 Å². The third-order valence-electron chi connectivity index (χ3n) is 3.34. The molecule has 0 spiro atoms. The van der Waals surface area contributed by atoms with Gasteiger partial charge in [0, 0.05) is 18.7 Å². The molecule has 2 rings (SSSR count). The Hall–Kier alpha value is -2.75. The summed E-state index contributed by atoms with van der Waals surface area (Å²) in [5.41, 5.74) is 5.20. The highest BCUT2D eigenvalue weighted by atomic mass is 32.1. The van der Waals surface area contributed by atoms with E-state index in [0.29, 0.717) is 24.6 Å². The zero-order valence-corrected chi connectivity index (χ0v) is 16.6. The smallest absolute Gasteiger partial charge is 0.407 e. The molecule has 0 radical (unpaired) electrons. The van der Waals surface area contributed by atoms with Crippen molar-refractivity contribution in [3.8, 4) is 0 Å². The summed E-state index contributed by atoms with van der Waals surface area (Å²) in [6, 6.07) is 2.90. The molecule has 0 atom stereocenters. The number of thiazole rings is 1. The van der Waals surface area contributed by atoms with Crippen molar-refractivity contribution in [2.24, 2.45) is 0 Å². The normalized spacial score (nSPS) is 11.2. The standard InChI is InChI=1S/C18H22F2N4O3S/c1-18(2,3)27-17(26)23-8-4-7-22-16-24-15(21)14(28-16)13(25)10-5-6-11(19)12(20)9-10/h5-6,9H,4,7-8,21H2,1-3H3,(H,22,24)(H,23,26). The number of benzene rings is 1. The number of rotatable bonds is 7. The Labute approximate surface area is 165 Å². The number of hydrogen-bond acceptors (Lipinski definition) is 7. The van der Waals surface area contributed by atoms with Gasteiger partial charge in [0.15, 0.2) is 16.8 Å². The molecule has 0 saturated heterocycles. The van der Waals surface area contributed by atoms with Gasteiger partial charge >= 0.3 is 6.09 Å². The van der Waals surface area contributed by atoms with Crippen molar-refractivity contribution in [2.75, 3.05) is 24.1 Å². The van der Waals surface area contributed by atoms with E-state index >= 15 is 0 Å². The number of halogens is 2. The molecule has 0 fully saturated rings. The number of aromatic nitrogens is 1. The SMILES string of the molecule is CC(C)(C)OC(=O)NCCCNc1nc(N)c(C(=O)c2ccc(F)c(F)c2)s1. The molecule has 0 bridgehead atoms. The first-order valence-corrected chi connectivity index (χ1v) is 9.35. The van der Waals surface area contributed by atoms with E-state index in [1.54, 1.807) is 20.8 Å². The van der Waals surface area contributed by atoms with E-state index in [9.17, 15) is 18.4 Å². The highest BCUT2D eigenvalue weighted by Gasteiger charge is 2.19. The minimum absolute atomic E-state index is 0.00844. The van der Waals surface area contributed by atoms with E-state index < -0.39 is 29.1 Å². The van der Waals surface area contributed by atoms with Crippen LogP contribution in [0.4, 0.5) is 24.5 Å². The average Bonchev–Trinajstić information content (AvgIpc) is 2.95. The number of ether oxygens (including phenoxy) is 1. The molecule has 0 saturated carbocycles. The molecule has 2 aromatic rings. The first-order valence-electron chi connectivity index (χ1n) is 8.53. The molecule has 1 aromatic heterocycles. The average molecular weight is 412 g/mol. The van der Waals surface area contributed by atoms with Crippen molar-refractivity contribution >= 4 is 34.2 Å². The minimum atomic E-state index is -1.11. The molecule has 0 aliphatic rings. The Morgan fingerprint density at radius 3 is 2.57 bits per heavy atom. The molecular formula is C18H22F2N4O3S. The number of nitrogens with zero attached hydrogens (tertiary/aromatic N) is 1. The highest BCUT2D eigenvalue weighted by molar-refractivity contribution is 7.18. The highest BCUT2D eigenvalue weighted by Crippen LogP contribution is 2.27. The maximum atomic E-state index is 13.3. The van der Waals surface area contributed by atoms with Gasteiger partial charge in [-0.3, -0.25) is 4.79 Å². The van der Waals surface area contributed by atoms with Crippen LogP contribution in [0.25, 0.3) is 0 Å². The van der Waals surface area contributed by atoms with Crippen molar-refractivity contribution in [2.45, 2.75) is 32.8 Å². The topological polar surface area (TPSA) is 106 Å². The van der Waals surface area contributed by atoms with E-state index in [-0.39, 0.29) is 16.3 Å². The second-order valence-electron chi connectivity index (χ2n) is 6.90. The number of nitrogens with two attached hydrogens (primary N) is 1. The van der Waals surface area contributed by atoms with Crippen LogP contribution < -0.4 is 16.4 Å². The van der Waals surface area contributed by atoms with Gasteiger partial charge in [-0.25, -0.2) is 18.6 Å². The summed E-state index contributed by atoms with van der Waals surface area (Å²) in [6.07, 6.45) is 0.0935. The monoisotopic (exact) mass is 412 g/mol. The van der Waals surface area contributed by atoms with Gasteiger partial charge in [0.25, 0.3) is 0 Å². The van der Waals surface area contributed by atoms with Crippen LogP contribution in [-0.2, 0) is 4.74 Å². The van der Waals surface area contributed by atoms with Crippen molar-refractivity contribution in [3.63, 3.8) is 0 Å². The molecule has 4 N–H and O–H groups in total. The summed E-state index contributed by atoms with van der Waals surface area (Å²) in [7, 11) is 0. The number of nitrogen functional groups attached to an aromatic ring is 1. The number of hydrogen-bond donors (Lipinski definition) is 3. The Morgan fingerprint density at radius 1 is 1.21 bits per heavy atom. The lowest BCUT2D eigenvalue weighted by Gasteiger charge is -2.19.